The molecule has 0 aromatic carbocycles. The van der Waals surface area contributed by atoms with Crippen LogP contribution < -0.4 is 5.32 Å². The van der Waals surface area contributed by atoms with Crippen LogP contribution in [0.4, 0.5) is 0 Å². The monoisotopic (exact) mass is 127 g/mol. The number of carbonyl (C=O) groups is 1. The van der Waals surface area contributed by atoms with Crippen molar-refractivity contribution in [1.29, 1.82) is 0 Å². The lowest BCUT2D eigenvalue weighted by Gasteiger charge is -1.99. The number of likely N-dealkylation sites (N-methyl/N-ethyl adjacent to an activating group) is 1. The fraction of sp³-hybridized carbons (Fsp3) is 0.571. The molecule has 0 bridgehead atoms. The van der Waals surface area contributed by atoms with Crippen molar-refractivity contribution in [3.05, 3.63) is 11.1 Å². The normalized spacial score (nSPS) is 8.44. The van der Waals surface area contributed by atoms with Gasteiger partial charge in [0.15, 0.2) is 0 Å². The van der Waals surface area contributed by atoms with E-state index >= 15 is 0 Å². The number of rotatable bonds is 1. The second kappa shape index (κ2) is 3.28. The van der Waals surface area contributed by atoms with Crippen LogP contribution in [0.1, 0.15) is 20.8 Å². The maximum atomic E-state index is 10.8. The van der Waals surface area contributed by atoms with Crippen LogP contribution in [0, 0.1) is 0 Å². The minimum Gasteiger partial charge on any atom is -0.355 e. The van der Waals surface area contributed by atoms with E-state index in [2.05, 4.69) is 5.32 Å². The van der Waals surface area contributed by atoms with Gasteiger partial charge in [0.2, 0.25) is 5.91 Å². The lowest BCUT2D eigenvalue weighted by molar-refractivity contribution is -0.117. The highest BCUT2D eigenvalue weighted by Gasteiger charge is 1.99. The first-order chi connectivity index (χ1) is 4.09. The fourth-order valence-corrected chi connectivity index (χ4v) is 0.415. The molecule has 0 atom stereocenters. The highest BCUT2D eigenvalue weighted by molar-refractivity contribution is 5.93. The molecule has 0 heterocycles. The molecule has 0 fully saturated rings. The molecule has 1 amide bonds. The van der Waals surface area contributed by atoms with Gasteiger partial charge < -0.3 is 5.32 Å². The molecule has 0 rings (SSSR count). The highest BCUT2D eigenvalue weighted by atomic mass is 16.1. The van der Waals surface area contributed by atoms with Crippen LogP contribution in [-0.4, -0.2) is 13.0 Å². The van der Waals surface area contributed by atoms with Crippen LogP contribution in [0.3, 0.4) is 0 Å². The minimum absolute atomic E-state index is 0.00926. The van der Waals surface area contributed by atoms with Crippen molar-refractivity contribution in [2.24, 2.45) is 0 Å². The first kappa shape index (κ1) is 8.21. The van der Waals surface area contributed by atoms with Crippen LogP contribution in [-0.2, 0) is 4.79 Å². The maximum absolute atomic E-state index is 10.8. The van der Waals surface area contributed by atoms with Gasteiger partial charge >= 0.3 is 0 Å². The molecule has 0 aliphatic heterocycles. The molecule has 1 N–H and O–H groups in total. The summed E-state index contributed by atoms with van der Waals surface area (Å²) in [6.07, 6.45) is 0. The summed E-state index contributed by atoms with van der Waals surface area (Å²) < 4.78 is 0. The Hall–Kier alpha value is -0.790. The average Bonchev–Trinajstić information content (AvgIpc) is 1.84. The van der Waals surface area contributed by atoms with E-state index in [1.165, 1.54) is 0 Å². The number of nitrogens with one attached hydrogen (secondary N) is 1. The van der Waals surface area contributed by atoms with Gasteiger partial charge in [-0.3, -0.25) is 4.79 Å². The zero-order valence-electron chi connectivity index (χ0n) is 6.41. The van der Waals surface area contributed by atoms with E-state index in [1.54, 1.807) is 7.05 Å². The molecule has 9 heavy (non-hydrogen) atoms. The van der Waals surface area contributed by atoms with E-state index in [0.717, 1.165) is 11.1 Å². The third-order valence-electron chi connectivity index (χ3n) is 1.32. The molecule has 52 valence electrons. The second-order valence-electron chi connectivity index (χ2n) is 2.20. The predicted octanol–water partition coefficient (Wildman–Crippen LogP) is 1.09. The molecular weight excluding hydrogens is 114 g/mol. The van der Waals surface area contributed by atoms with Crippen molar-refractivity contribution in [2.45, 2.75) is 20.8 Å². The van der Waals surface area contributed by atoms with Gasteiger partial charge in [-0.2, -0.15) is 0 Å². The minimum atomic E-state index is 0.00926. The average molecular weight is 127 g/mol. The smallest absolute Gasteiger partial charge is 0.246 e. The van der Waals surface area contributed by atoms with E-state index in [4.69, 9.17) is 0 Å². The van der Waals surface area contributed by atoms with Crippen LogP contribution in [0.2, 0.25) is 0 Å². The van der Waals surface area contributed by atoms with Gasteiger partial charge in [-0.1, -0.05) is 5.57 Å². The Morgan fingerprint density at radius 1 is 1.22 bits per heavy atom. The summed E-state index contributed by atoms with van der Waals surface area (Å²) in [5.41, 5.74) is 1.87. The number of allylic oxidation sites excluding steroid dienone is 1. The van der Waals surface area contributed by atoms with Gasteiger partial charge in [0, 0.05) is 12.6 Å². The topological polar surface area (TPSA) is 29.1 Å². The molecule has 0 unspecified atom stereocenters. The van der Waals surface area contributed by atoms with Gasteiger partial charge in [0.1, 0.15) is 0 Å². The summed E-state index contributed by atoms with van der Waals surface area (Å²) in [5, 5.41) is 2.55. The van der Waals surface area contributed by atoms with Crippen molar-refractivity contribution < 1.29 is 4.79 Å². The van der Waals surface area contributed by atoms with E-state index in [0.29, 0.717) is 0 Å². The Bertz CT molecular complexity index is 143. The zero-order chi connectivity index (χ0) is 7.44. The number of hydrogen-bond donors (Lipinski definition) is 1. The first-order valence-electron chi connectivity index (χ1n) is 2.95. The Morgan fingerprint density at radius 2 is 1.67 bits per heavy atom. The summed E-state index contributed by atoms with van der Waals surface area (Å²) in [4.78, 5) is 10.8. The molecule has 2 heteroatoms. The Labute approximate surface area is 56.0 Å². The Kier molecular flexibility index (Phi) is 2.99. The Balaban J connectivity index is 4.21. The molecule has 0 aliphatic carbocycles. The standard InChI is InChI=1S/C7H13NO/c1-5(2)6(3)7(9)8-4/h1-4H3,(H,8,9). The van der Waals surface area contributed by atoms with Crippen molar-refractivity contribution >= 4 is 5.91 Å². The van der Waals surface area contributed by atoms with Gasteiger partial charge in [-0.25, -0.2) is 0 Å². The van der Waals surface area contributed by atoms with Crippen molar-refractivity contribution in [3.63, 3.8) is 0 Å². The molecular formula is C7H13NO. The van der Waals surface area contributed by atoms with Crippen molar-refractivity contribution in [1.82, 2.24) is 5.32 Å². The number of hydrogen-bond acceptors (Lipinski definition) is 1. The molecule has 0 aromatic rings. The van der Waals surface area contributed by atoms with E-state index in [9.17, 15) is 4.79 Å². The largest absolute Gasteiger partial charge is 0.355 e. The summed E-state index contributed by atoms with van der Waals surface area (Å²) >= 11 is 0. The number of amides is 1. The van der Waals surface area contributed by atoms with Gasteiger partial charge in [0.25, 0.3) is 0 Å². The van der Waals surface area contributed by atoms with Crippen LogP contribution in [0.25, 0.3) is 0 Å². The van der Waals surface area contributed by atoms with Gasteiger partial charge in [-0.05, 0) is 20.8 Å². The third-order valence-corrected chi connectivity index (χ3v) is 1.32. The molecule has 0 spiro atoms. The van der Waals surface area contributed by atoms with E-state index in [-0.39, 0.29) is 5.91 Å². The lowest BCUT2D eigenvalue weighted by Crippen LogP contribution is -2.19. The maximum Gasteiger partial charge on any atom is 0.246 e. The zero-order valence-corrected chi connectivity index (χ0v) is 6.41. The van der Waals surface area contributed by atoms with Gasteiger partial charge in [-0.15, -0.1) is 0 Å². The summed E-state index contributed by atoms with van der Waals surface area (Å²) in [5.74, 6) is 0.00926. The molecule has 0 saturated heterocycles. The van der Waals surface area contributed by atoms with Crippen LogP contribution in [0.5, 0.6) is 0 Å². The summed E-state index contributed by atoms with van der Waals surface area (Å²) in [7, 11) is 1.63. The first-order valence-corrected chi connectivity index (χ1v) is 2.95. The van der Waals surface area contributed by atoms with Crippen molar-refractivity contribution in [2.75, 3.05) is 7.05 Å². The van der Waals surface area contributed by atoms with Crippen LogP contribution >= 0.6 is 0 Å². The third kappa shape index (κ3) is 2.31. The predicted molar refractivity (Wildman–Crippen MR) is 38.1 cm³/mol. The van der Waals surface area contributed by atoms with Crippen LogP contribution in [0.15, 0.2) is 11.1 Å². The summed E-state index contributed by atoms with van der Waals surface area (Å²) in [6.45, 7) is 5.66. The van der Waals surface area contributed by atoms with Crippen molar-refractivity contribution in [3.8, 4) is 0 Å². The Morgan fingerprint density at radius 3 is 1.78 bits per heavy atom. The quantitative estimate of drug-likeness (QED) is 0.525. The summed E-state index contributed by atoms with van der Waals surface area (Å²) in [6, 6.07) is 0. The fourth-order valence-electron chi connectivity index (χ4n) is 0.415. The molecule has 2 nitrogen and oxygen atoms in total. The molecule has 0 aliphatic rings. The molecule has 0 aromatic heterocycles. The van der Waals surface area contributed by atoms with E-state index in [1.807, 2.05) is 20.8 Å². The molecule has 0 radical (unpaired) electrons. The highest BCUT2D eigenvalue weighted by Crippen LogP contribution is 1.99. The molecule has 0 saturated carbocycles. The van der Waals surface area contributed by atoms with Gasteiger partial charge in [0.05, 0.1) is 0 Å². The lowest BCUT2D eigenvalue weighted by atomic mass is 10.2. The number of carbonyl (C=O) groups excluding carboxylic acids is 1. The van der Waals surface area contributed by atoms with E-state index < -0.39 is 0 Å². The second-order valence-corrected chi connectivity index (χ2v) is 2.20. The SMILES string of the molecule is CNC(=O)C(C)=C(C)C.